The molecule has 0 radical (unpaired) electrons. The van der Waals surface area contributed by atoms with Gasteiger partial charge < -0.3 is 31.9 Å². The Morgan fingerprint density at radius 2 is 1.53 bits per heavy atom. The number of rotatable bonds is 11. The number of unbranched alkanes of at least 4 members (excludes halogenated alkanes) is 1. The molecule has 13 heteroatoms. The number of alkyl halides is 3. The summed E-state index contributed by atoms with van der Waals surface area (Å²) >= 11 is 0. The minimum absolute atomic E-state index is 0.117. The molecule has 3 aliphatic carbocycles. The van der Waals surface area contributed by atoms with Crippen molar-refractivity contribution in [1.29, 1.82) is 0 Å². The molecule has 0 spiro atoms. The van der Waals surface area contributed by atoms with Gasteiger partial charge in [-0.1, -0.05) is 38.5 Å². The van der Waals surface area contributed by atoms with E-state index in [0.717, 1.165) is 25.2 Å². The predicted octanol–water partition coefficient (Wildman–Crippen LogP) is 3.14. The molecule has 10 nitrogen and oxygen atoms in total. The maximum absolute atomic E-state index is 13.1. The van der Waals surface area contributed by atoms with Gasteiger partial charge in [-0.25, -0.2) is 14.4 Å². The van der Waals surface area contributed by atoms with E-state index < -0.39 is 36.2 Å². The molecule has 3 unspecified atom stereocenters. The van der Waals surface area contributed by atoms with Crippen molar-refractivity contribution in [2.75, 3.05) is 6.54 Å². The predicted molar refractivity (Wildman–Crippen MR) is 132 cm³/mol. The standard InChI is InChI=1S/C23H40N4O4.C2HF3O2/c24-11-5-4-8-18(22(29)30)26-23(31)27-20(13-15-6-2-1-3-7-15)21(28)25-19-14-16-9-10-17(19)12-16;3-2(4,5)1(6)7/h15-20H,1-14,24H2,(H,25,28)(H,29,30)(H2,26,27,31);(H,6,7)/t16?,17?,18-,19?,20+;/m0./s1. The van der Waals surface area contributed by atoms with Crippen LogP contribution in [0.25, 0.3) is 0 Å². The second-order valence-corrected chi connectivity index (χ2v) is 10.7. The molecule has 3 fully saturated rings. The molecule has 3 amide bonds. The lowest BCUT2D eigenvalue weighted by Gasteiger charge is -2.29. The second-order valence-electron chi connectivity index (χ2n) is 10.7. The van der Waals surface area contributed by atoms with Crippen molar-refractivity contribution in [3.05, 3.63) is 0 Å². The second kappa shape index (κ2) is 15.1. The van der Waals surface area contributed by atoms with Crippen LogP contribution in [0.1, 0.15) is 83.5 Å². The zero-order valence-electron chi connectivity index (χ0n) is 21.6. The van der Waals surface area contributed by atoms with Gasteiger partial charge in [-0.15, -0.1) is 0 Å². The largest absolute Gasteiger partial charge is 0.490 e. The number of fused-ring (bicyclic) bond motifs is 2. The Hall–Kier alpha value is -2.57. The Morgan fingerprint density at radius 3 is 2.03 bits per heavy atom. The minimum Gasteiger partial charge on any atom is -0.480 e. The van der Waals surface area contributed by atoms with Crippen LogP contribution in [0.15, 0.2) is 0 Å². The van der Waals surface area contributed by atoms with E-state index in [2.05, 4.69) is 16.0 Å². The van der Waals surface area contributed by atoms with Crippen LogP contribution >= 0.6 is 0 Å². The maximum Gasteiger partial charge on any atom is 0.490 e. The lowest BCUT2D eigenvalue weighted by atomic mass is 9.84. The fraction of sp³-hybridized carbons (Fsp3) is 0.840. The van der Waals surface area contributed by atoms with Gasteiger partial charge >= 0.3 is 24.1 Å². The first-order valence-corrected chi connectivity index (χ1v) is 13.5. The summed E-state index contributed by atoms with van der Waals surface area (Å²) in [6.07, 6.45) is 7.62. The van der Waals surface area contributed by atoms with E-state index in [1.807, 2.05) is 0 Å². The summed E-state index contributed by atoms with van der Waals surface area (Å²) in [4.78, 5) is 46.2. The van der Waals surface area contributed by atoms with Crippen molar-refractivity contribution >= 4 is 23.9 Å². The van der Waals surface area contributed by atoms with E-state index in [4.69, 9.17) is 15.6 Å². The van der Waals surface area contributed by atoms with Crippen LogP contribution in [-0.2, 0) is 14.4 Å². The third kappa shape index (κ3) is 10.7. The zero-order valence-corrected chi connectivity index (χ0v) is 21.6. The fourth-order valence-corrected chi connectivity index (χ4v) is 5.80. The van der Waals surface area contributed by atoms with Crippen LogP contribution in [0.5, 0.6) is 0 Å². The quantitative estimate of drug-likeness (QED) is 0.215. The Kier molecular flexibility index (Phi) is 12.6. The summed E-state index contributed by atoms with van der Waals surface area (Å²) in [6, 6.07) is -1.96. The number of aliphatic carboxylic acids is 2. The van der Waals surface area contributed by atoms with Crippen molar-refractivity contribution in [2.24, 2.45) is 23.5 Å². The van der Waals surface area contributed by atoms with E-state index in [1.54, 1.807) is 0 Å². The summed E-state index contributed by atoms with van der Waals surface area (Å²) in [5.41, 5.74) is 5.48. The Bertz CT molecular complexity index is 806. The van der Waals surface area contributed by atoms with Crippen LogP contribution in [-0.4, -0.2) is 64.9 Å². The molecular weight excluding hydrogens is 509 g/mol. The highest BCUT2D eigenvalue weighted by Gasteiger charge is 2.41. The monoisotopic (exact) mass is 550 g/mol. The molecule has 0 aromatic carbocycles. The molecule has 0 aromatic heterocycles. The van der Waals surface area contributed by atoms with Crippen molar-refractivity contribution < 1.29 is 42.6 Å². The molecule has 0 saturated heterocycles. The number of nitrogens with one attached hydrogen (secondary N) is 3. The number of carboxylic acid groups (broad SMARTS) is 2. The zero-order chi connectivity index (χ0) is 28.3. The van der Waals surface area contributed by atoms with E-state index in [0.29, 0.717) is 44.1 Å². The van der Waals surface area contributed by atoms with Gasteiger partial charge in [0.15, 0.2) is 0 Å². The van der Waals surface area contributed by atoms with E-state index >= 15 is 0 Å². The Morgan fingerprint density at radius 1 is 0.895 bits per heavy atom. The molecule has 5 atom stereocenters. The van der Waals surface area contributed by atoms with Crippen molar-refractivity contribution in [3.8, 4) is 0 Å². The van der Waals surface area contributed by atoms with Crippen molar-refractivity contribution in [1.82, 2.24) is 16.0 Å². The number of nitrogens with two attached hydrogens (primary N) is 1. The van der Waals surface area contributed by atoms with Crippen LogP contribution in [0, 0.1) is 17.8 Å². The van der Waals surface area contributed by atoms with Crippen LogP contribution in [0.2, 0.25) is 0 Å². The number of carbonyl (C=O) groups excluding carboxylic acids is 2. The molecule has 0 aliphatic heterocycles. The first-order chi connectivity index (χ1) is 17.9. The highest BCUT2D eigenvalue weighted by Crippen LogP contribution is 2.44. The molecule has 0 heterocycles. The Balaban J connectivity index is 0.000000638. The highest BCUT2D eigenvalue weighted by atomic mass is 19.4. The van der Waals surface area contributed by atoms with Crippen LogP contribution < -0.4 is 21.7 Å². The third-order valence-electron chi connectivity index (χ3n) is 7.77. The van der Waals surface area contributed by atoms with Gasteiger partial charge in [0.2, 0.25) is 5.91 Å². The molecule has 2 bridgehead atoms. The summed E-state index contributed by atoms with van der Waals surface area (Å²) in [7, 11) is 0. The van der Waals surface area contributed by atoms with Gasteiger partial charge in [-0.2, -0.15) is 13.2 Å². The summed E-state index contributed by atoms with van der Waals surface area (Å²) in [5.74, 6) is -2.22. The molecule has 3 rings (SSSR count). The number of urea groups is 1. The fourth-order valence-electron chi connectivity index (χ4n) is 5.80. The smallest absolute Gasteiger partial charge is 0.480 e. The van der Waals surface area contributed by atoms with Crippen LogP contribution in [0.4, 0.5) is 18.0 Å². The molecule has 38 heavy (non-hydrogen) atoms. The van der Waals surface area contributed by atoms with E-state index in [-0.39, 0.29) is 11.9 Å². The number of halogens is 3. The lowest BCUT2D eigenvalue weighted by molar-refractivity contribution is -0.192. The topological polar surface area (TPSA) is 171 Å². The van der Waals surface area contributed by atoms with E-state index in [9.17, 15) is 32.7 Å². The van der Waals surface area contributed by atoms with Gasteiger partial charge in [-0.3, -0.25) is 4.79 Å². The summed E-state index contributed by atoms with van der Waals surface area (Å²) < 4.78 is 31.7. The first kappa shape index (κ1) is 31.6. The molecule has 3 saturated carbocycles. The average molecular weight is 551 g/mol. The lowest BCUT2D eigenvalue weighted by Crippen LogP contribution is -2.55. The molecular formula is C25H41F3N4O6. The summed E-state index contributed by atoms with van der Waals surface area (Å²) in [6.45, 7) is 0.491. The molecule has 0 aromatic rings. The molecule has 3 aliphatic rings. The Labute approximate surface area is 220 Å². The van der Waals surface area contributed by atoms with Gasteiger partial charge in [0.05, 0.1) is 0 Å². The summed E-state index contributed by atoms with van der Waals surface area (Å²) in [5, 5.41) is 25.1. The number of amides is 3. The molecule has 218 valence electrons. The van der Waals surface area contributed by atoms with Crippen molar-refractivity contribution in [3.63, 3.8) is 0 Å². The maximum atomic E-state index is 13.1. The van der Waals surface area contributed by atoms with Crippen molar-refractivity contribution in [2.45, 2.75) is 108 Å². The normalized spacial score (nSPS) is 24.5. The number of hydrogen-bond acceptors (Lipinski definition) is 5. The van der Waals surface area contributed by atoms with Gasteiger partial charge in [-0.05, 0) is 69.2 Å². The third-order valence-corrected chi connectivity index (χ3v) is 7.77. The first-order valence-electron chi connectivity index (χ1n) is 13.5. The van der Waals surface area contributed by atoms with E-state index in [1.165, 1.54) is 38.5 Å². The van der Waals surface area contributed by atoms with Crippen LogP contribution in [0.3, 0.4) is 0 Å². The highest BCUT2D eigenvalue weighted by molar-refractivity contribution is 5.89. The van der Waals surface area contributed by atoms with Gasteiger partial charge in [0.25, 0.3) is 0 Å². The number of hydrogen-bond donors (Lipinski definition) is 6. The molecule has 7 N–H and O–H groups in total. The SMILES string of the molecule is NCCCC[C@H](NC(=O)N[C@H](CC1CCCCC1)C(=O)NC1CC2CCC1C2)C(=O)O.O=C(O)C(F)(F)F. The number of carboxylic acids is 2. The van der Waals surface area contributed by atoms with Gasteiger partial charge in [0.1, 0.15) is 12.1 Å². The average Bonchev–Trinajstić information content (AvgIpc) is 3.47. The number of carbonyl (C=O) groups is 4. The minimum atomic E-state index is -5.08. The van der Waals surface area contributed by atoms with Gasteiger partial charge in [0, 0.05) is 6.04 Å².